The molecule has 0 radical (unpaired) electrons. The van der Waals surface area contributed by atoms with E-state index in [1.54, 1.807) is 7.11 Å². The Morgan fingerprint density at radius 2 is 1.68 bits per heavy atom. The fraction of sp³-hybridized carbons (Fsp3) is 0.435. The summed E-state index contributed by atoms with van der Waals surface area (Å²) in [6.45, 7) is 1.43. The SMILES string of the molecule is COc1ccc(N2CN(C3CCCCCC3)CN=C2Sc2c(Cl)cccc2Cl)cc1Cl. The number of methoxy groups -OCH3 is 1. The van der Waals surface area contributed by atoms with E-state index in [0.717, 1.165) is 22.4 Å². The Morgan fingerprint density at radius 1 is 0.968 bits per heavy atom. The van der Waals surface area contributed by atoms with Crippen LogP contribution in [0.1, 0.15) is 38.5 Å². The van der Waals surface area contributed by atoms with Crippen molar-refractivity contribution in [2.24, 2.45) is 4.99 Å². The summed E-state index contributed by atoms with van der Waals surface area (Å²) >= 11 is 20.9. The number of anilines is 1. The number of hydrogen-bond donors (Lipinski definition) is 0. The predicted octanol–water partition coefficient (Wildman–Crippen LogP) is 7.56. The van der Waals surface area contributed by atoms with Crippen LogP contribution in [-0.4, -0.2) is 36.6 Å². The first kappa shape index (κ1) is 23.1. The second kappa shape index (κ2) is 10.7. The van der Waals surface area contributed by atoms with E-state index in [4.69, 9.17) is 44.5 Å². The molecule has 0 amide bonds. The molecule has 2 aromatic carbocycles. The van der Waals surface area contributed by atoms with E-state index >= 15 is 0 Å². The van der Waals surface area contributed by atoms with Crippen molar-refractivity contribution in [3.05, 3.63) is 51.5 Å². The van der Waals surface area contributed by atoms with Gasteiger partial charge in [0.15, 0.2) is 5.17 Å². The number of nitrogens with zero attached hydrogens (tertiary/aromatic N) is 3. The molecule has 1 heterocycles. The van der Waals surface area contributed by atoms with Crippen LogP contribution >= 0.6 is 46.6 Å². The van der Waals surface area contributed by atoms with Gasteiger partial charge in [0.05, 0.1) is 40.4 Å². The highest BCUT2D eigenvalue weighted by Gasteiger charge is 2.29. The summed E-state index contributed by atoms with van der Waals surface area (Å²) in [4.78, 5) is 10.5. The van der Waals surface area contributed by atoms with E-state index < -0.39 is 0 Å². The van der Waals surface area contributed by atoms with Gasteiger partial charge in [0.1, 0.15) is 5.75 Å². The molecule has 1 saturated carbocycles. The molecule has 2 aromatic rings. The lowest BCUT2D eigenvalue weighted by molar-refractivity contribution is 0.184. The van der Waals surface area contributed by atoms with Gasteiger partial charge in [0, 0.05) is 11.7 Å². The summed E-state index contributed by atoms with van der Waals surface area (Å²) in [5, 5.41) is 2.69. The molecule has 4 nitrogen and oxygen atoms in total. The molecule has 0 N–H and O–H groups in total. The monoisotopic (exact) mass is 497 g/mol. The molecule has 0 unspecified atom stereocenters. The van der Waals surface area contributed by atoms with Crippen LogP contribution in [-0.2, 0) is 0 Å². The van der Waals surface area contributed by atoms with Crippen molar-refractivity contribution < 1.29 is 4.74 Å². The third-order valence-corrected chi connectivity index (χ3v) is 8.17. The molecular formula is C23H26Cl3N3OS. The Kier molecular flexibility index (Phi) is 7.94. The standard InChI is InChI=1S/C23H26Cl3N3OS/c1-30-21-12-11-17(13-20(21)26)29-15-28(16-7-4-2-3-5-8-16)14-27-23(29)31-22-18(24)9-6-10-19(22)25/h6,9-13,16H,2-5,7-8,14-15H2,1H3. The first-order chi connectivity index (χ1) is 15.1. The Balaban J connectivity index is 1.66. The van der Waals surface area contributed by atoms with Crippen LogP contribution in [0.5, 0.6) is 5.75 Å². The van der Waals surface area contributed by atoms with Crippen LogP contribution < -0.4 is 9.64 Å². The van der Waals surface area contributed by atoms with Crippen molar-refractivity contribution >= 4 is 57.4 Å². The number of ether oxygens (including phenoxy) is 1. The fourth-order valence-electron chi connectivity index (χ4n) is 4.15. The highest BCUT2D eigenvalue weighted by atomic mass is 35.5. The van der Waals surface area contributed by atoms with Gasteiger partial charge < -0.3 is 9.64 Å². The summed E-state index contributed by atoms with van der Waals surface area (Å²) in [5.74, 6) is 0.656. The van der Waals surface area contributed by atoms with E-state index in [1.165, 1.54) is 50.3 Å². The Morgan fingerprint density at radius 3 is 2.32 bits per heavy atom. The minimum atomic E-state index is 0.554. The van der Waals surface area contributed by atoms with E-state index in [1.807, 2.05) is 36.4 Å². The van der Waals surface area contributed by atoms with Gasteiger partial charge in [0.2, 0.25) is 0 Å². The summed E-state index contributed by atoms with van der Waals surface area (Å²) in [7, 11) is 1.62. The number of benzene rings is 2. The van der Waals surface area contributed by atoms with Crippen molar-refractivity contribution in [3.63, 3.8) is 0 Å². The van der Waals surface area contributed by atoms with Crippen LogP contribution in [0.15, 0.2) is 46.3 Å². The Labute approximate surface area is 203 Å². The quantitative estimate of drug-likeness (QED) is 0.406. The molecule has 1 fully saturated rings. The molecule has 31 heavy (non-hydrogen) atoms. The van der Waals surface area contributed by atoms with Crippen LogP contribution in [0.2, 0.25) is 15.1 Å². The normalized spacial score (nSPS) is 18.6. The number of halogens is 3. The zero-order valence-corrected chi connectivity index (χ0v) is 20.6. The average molecular weight is 499 g/mol. The van der Waals surface area contributed by atoms with Crippen molar-refractivity contribution in [3.8, 4) is 5.75 Å². The van der Waals surface area contributed by atoms with Gasteiger partial charge in [-0.25, -0.2) is 4.99 Å². The van der Waals surface area contributed by atoms with Gasteiger partial charge in [-0.15, -0.1) is 0 Å². The van der Waals surface area contributed by atoms with E-state index in [2.05, 4.69) is 9.80 Å². The molecule has 1 aliphatic heterocycles. The maximum atomic E-state index is 6.46. The summed E-state index contributed by atoms with van der Waals surface area (Å²) in [5.41, 5.74) is 0.971. The largest absolute Gasteiger partial charge is 0.495 e. The molecule has 166 valence electrons. The fourth-order valence-corrected chi connectivity index (χ4v) is 5.94. The van der Waals surface area contributed by atoms with E-state index in [-0.39, 0.29) is 0 Å². The second-order valence-electron chi connectivity index (χ2n) is 7.86. The number of thioether (sulfide) groups is 1. The summed E-state index contributed by atoms with van der Waals surface area (Å²) < 4.78 is 5.34. The van der Waals surface area contributed by atoms with Crippen molar-refractivity contribution in [1.29, 1.82) is 0 Å². The number of rotatable bonds is 4. The Bertz CT molecular complexity index is 927. The number of amidine groups is 1. The Hall–Kier alpha value is -1.11. The van der Waals surface area contributed by atoms with Crippen LogP contribution in [0.25, 0.3) is 0 Å². The van der Waals surface area contributed by atoms with Crippen LogP contribution in [0.3, 0.4) is 0 Å². The minimum Gasteiger partial charge on any atom is -0.495 e. The smallest absolute Gasteiger partial charge is 0.171 e. The molecular weight excluding hydrogens is 473 g/mol. The zero-order valence-electron chi connectivity index (χ0n) is 17.5. The molecule has 4 rings (SSSR count). The third kappa shape index (κ3) is 5.45. The molecule has 0 atom stereocenters. The van der Waals surface area contributed by atoms with Crippen LogP contribution in [0, 0.1) is 0 Å². The van der Waals surface area contributed by atoms with Gasteiger partial charge in [-0.2, -0.15) is 0 Å². The number of hydrogen-bond acceptors (Lipinski definition) is 5. The second-order valence-corrected chi connectivity index (χ2v) is 10.1. The molecule has 0 saturated heterocycles. The topological polar surface area (TPSA) is 28.1 Å². The number of aliphatic imine (C=N–C) groups is 1. The summed E-state index contributed by atoms with van der Waals surface area (Å²) in [6.07, 6.45) is 7.69. The lowest BCUT2D eigenvalue weighted by Crippen LogP contribution is -2.49. The van der Waals surface area contributed by atoms with Gasteiger partial charge >= 0.3 is 0 Å². The van der Waals surface area contributed by atoms with Gasteiger partial charge in [0.25, 0.3) is 0 Å². The molecule has 1 aliphatic carbocycles. The highest BCUT2D eigenvalue weighted by molar-refractivity contribution is 8.14. The van der Waals surface area contributed by atoms with Gasteiger partial charge in [-0.05, 0) is 54.9 Å². The molecule has 0 aromatic heterocycles. The zero-order chi connectivity index (χ0) is 21.8. The predicted molar refractivity (Wildman–Crippen MR) is 133 cm³/mol. The lowest BCUT2D eigenvalue weighted by Gasteiger charge is -2.39. The minimum absolute atomic E-state index is 0.554. The maximum Gasteiger partial charge on any atom is 0.171 e. The molecule has 2 aliphatic rings. The van der Waals surface area contributed by atoms with Gasteiger partial charge in [-0.1, -0.05) is 66.6 Å². The molecule has 0 bridgehead atoms. The molecule has 8 heteroatoms. The first-order valence-electron chi connectivity index (χ1n) is 10.6. The van der Waals surface area contributed by atoms with Crippen molar-refractivity contribution in [2.45, 2.75) is 49.5 Å². The lowest BCUT2D eigenvalue weighted by atomic mass is 10.1. The van der Waals surface area contributed by atoms with Gasteiger partial charge in [-0.3, -0.25) is 4.90 Å². The van der Waals surface area contributed by atoms with E-state index in [0.29, 0.717) is 33.5 Å². The van der Waals surface area contributed by atoms with Crippen molar-refractivity contribution in [1.82, 2.24) is 4.90 Å². The first-order valence-corrected chi connectivity index (χ1v) is 12.5. The highest BCUT2D eigenvalue weighted by Crippen LogP contribution is 2.39. The average Bonchev–Trinajstić information content (AvgIpc) is 3.06. The maximum absolute atomic E-state index is 6.46. The van der Waals surface area contributed by atoms with Crippen LogP contribution in [0.4, 0.5) is 5.69 Å². The molecule has 0 spiro atoms. The van der Waals surface area contributed by atoms with Crippen molar-refractivity contribution in [2.75, 3.05) is 25.3 Å². The summed E-state index contributed by atoms with van der Waals surface area (Å²) in [6, 6.07) is 12.0. The van der Waals surface area contributed by atoms with E-state index in [9.17, 15) is 0 Å². The third-order valence-electron chi connectivity index (χ3n) is 5.84.